The van der Waals surface area contributed by atoms with Gasteiger partial charge in [0.2, 0.25) is 5.95 Å². The van der Waals surface area contributed by atoms with Crippen molar-refractivity contribution in [1.29, 1.82) is 0 Å². The number of nitrogens with one attached hydrogen (secondary N) is 2. The van der Waals surface area contributed by atoms with Gasteiger partial charge in [-0.1, -0.05) is 18.2 Å². The number of likely N-dealkylation sites (tertiary alicyclic amines) is 1. The quantitative estimate of drug-likeness (QED) is 0.276. The summed E-state index contributed by atoms with van der Waals surface area (Å²) in [5.74, 6) is 1.42. The molecule has 1 fully saturated rings. The minimum Gasteiger partial charge on any atom is -0.492 e. The summed E-state index contributed by atoms with van der Waals surface area (Å²) >= 11 is 0. The smallest absolute Gasteiger partial charge is 0.247 e. The Morgan fingerprint density at radius 2 is 1.76 bits per heavy atom. The van der Waals surface area contributed by atoms with Gasteiger partial charge in [0.05, 0.1) is 17.9 Å². The van der Waals surface area contributed by atoms with Crippen molar-refractivity contribution in [2.24, 2.45) is 7.05 Å². The molecule has 38 heavy (non-hydrogen) atoms. The lowest BCUT2D eigenvalue weighted by Gasteiger charge is -2.15. The van der Waals surface area contributed by atoms with Gasteiger partial charge in [0.1, 0.15) is 12.4 Å². The molecule has 3 aromatic heterocycles. The third kappa shape index (κ3) is 5.47. The maximum atomic E-state index is 5.93. The molecule has 0 aliphatic carbocycles. The van der Waals surface area contributed by atoms with Gasteiger partial charge < -0.3 is 15.4 Å². The Kier molecular flexibility index (Phi) is 6.91. The molecule has 2 N–H and O–H groups in total. The van der Waals surface area contributed by atoms with Crippen molar-refractivity contribution in [3.63, 3.8) is 0 Å². The highest BCUT2D eigenvalue weighted by Gasteiger charge is 2.12. The van der Waals surface area contributed by atoms with Crippen LogP contribution < -0.4 is 15.4 Å². The first-order valence-electron chi connectivity index (χ1n) is 13.1. The standard InChI is InChI=1S/C29H32N8O/c1-35-25(14-15-31-35)21-30-24-7-4-6-22(20-24)27-8-5-9-28-33-29(34-37(27)28)32-23-10-12-26(13-11-23)38-19-18-36-16-2-3-17-36/h4-15,20,30H,2-3,16-19,21H2,1H3,(H,32,34). The van der Waals surface area contributed by atoms with Gasteiger partial charge in [-0.05, 0) is 80.5 Å². The second kappa shape index (κ2) is 10.9. The fraction of sp³-hybridized carbons (Fsp3) is 0.276. The van der Waals surface area contributed by atoms with E-state index in [0.29, 0.717) is 19.1 Å². The van der Waals surface area contributed by atoms with Gasteiger partial charge in [-0.2, -0.15) is 10.1 Å². The Morgan fingerprint density at radius 3 is 2.58 bits per heavy atom. The van der Waals surface area contributed by atoms with E-state index in [1.54, 1.807) is 0 Å². The number of aromatic nitrogens is 5. The zero-order valence-corrected chi connectivity index (χ0v) is 21.5. The summed E-state index contributed by atoms with van der Waals surface area (Å²) in [4.78, 5) is 7.14. The van der Waals surface area contributed by atoms with Crippen LogP contribution in [-0.4, -0.2) is 55.5 Å². The third-order valence-corrected chi connectivity index (χ3v) is 6.90. The number of pyridine rings is 1. The number of nitrogens with zero attached hydrogens (tertiary/aromatic N) is 6. The predicted molar refractivity (Wildman–Crippen MR) is 150 cm³/mol. The molecule has 2 aromatic carbocycles. The van der Waals surface area contributed by atoms with E-state index in [4.69, 9.17) is 14.8 Å². The molecule has 0 amide bonds. The van der Waals surface area contributed by atoms with Crippen molar-refractivity contribution in [3.05, 3.63) is 84.7 Å². The highest BCUT2D eigenvalue weighted by atomic mass is 16.5. The van der Waals surface area contributed by atoms with E-state index >= 15 is 0 Å². The molecule has 0 saturated carbocycles. The molecule has 1 aliphatic rings. The van der Waals surface area contributed by atoms with Crippen molar-refractivity contribution in [3.8, 4) is 17.0 Å². The van der Waals surface area contributed by atoms with E-state index in [0.717, 1.165) is 46.3 Å². The molecule has 4 heterocycles. The second-order valence-electron chi connectivity index (χ2n) is 9.54. The number of benzene rings is 2. The molecule has 1 saturated heterocycles. The first kappa shape index (κ1) is 24.0. The molecule has 6 rings (SSSR count). The van der Waals surface area contributed by atoms with E-state index in [9.17, 15) is 0 Å². The molecule has 0 bridgehead atoms. The minimum atomic E-state index is 0.547. The summed E-state index contributed by atoms with van der Waals surface area (Å²) in [6.45, 7) is 4.77. The first-order valence-corrected chi connectivity index (χ1v) is 13.1. The number of rotatable bonds is 10. The van der Waals surface area contributed by atoms with Crippen LogP contribution in [-0.2, 0) is 13.6 Å². The van der Waals surface area contributed by atoms with Crippen LogP contribution in [0.2, 0.25) is 0 Å². The van der Waals surface area contributed by atoms with Gasteiger partial charge in [-0.3, -0.25) is 9.58 Å². The Balaban J connectivity index is 1.13. The molecular formula is C29H32N8O. The normalized spacial score (nSPS) is 13.7. The van der Waals surface area contributed by atoms with E-state index in [1.807, 2.05) is 71.0 Å². The summed E-state index contributed by atoms with van der Waals surface area (Å²) in [5.41, 5.74) is 5.86. The molecular weight excluding hydrogens is 476 g/mol. The van der Waals surface area contributed by atoms with Crippen LogP contribution in [0, 0.1) is 0 Å². The fourth-order valence-electron chi connectivity index (χ4n) is 4.79. The number of fused-ring (bicyclic) bond motifs is 1. The van der Waals surface area contributed by atoms with Crippen LogP contribution in [0.1, 0.15) is 18.5 Å². The van der Waals surface area contributed by atoms with Crippen LogP contribution >= 0.6 is 0 Å². The van der Waals surface area contributed by atoms with E-state index in [1.165, 1.54) is 25.9 Å². The van der Waals surface area contributed by atoms with Gasteiger partial charge in [0.15, 0.2) is 5.65 Å². The van der Waals surface area contributed by atoms with Gasteiger partial charge >= 0.3 is 0 Å². The fourth-order valence-corrected chi connectivity index (χ4v) is 4.79. The van der Waals surface area contributed by atoms with Crippen molar-refractivity contribution in [2.45, 2.75) is 19.4 Å². The van der Waals surface area contributed by atoms with Crippen molar-refractivity contribution >= 4 is 23.0 Å². The molecule has 194 valence electrons. The molecule has 0 spiro atoms. The maximum absolute atomic E-state index is 5.93. The highest BCUT2D eigenvalue weighted by molar-refractivity contribution is 5.68. The number of ether oxygens (including phenoxy) is 1. The minimum absolute atomic E-state index is 0.547. The van der Waals surface area contributed by atoms with Crippen LogP contribution in [0.15, 0.2) is 79.0 Å². The van der Waals surface area contributed by atoms with E-state index < -0.39 is 0 Å². The van der Waals surface area contributed by atoms with Crippen molar-refractivity contribution < 1.29 is 4.74 Å². The Hall–Kier alpha value is -4.37. The Morgan fingerprint density at radius 1 is 0.921 bits per heavy atom. The molecule has 0 unspecified atom stereocenters. The summed E-state index contributed by atoms with van der Waals surface area (Å²) in [5, 5.41) is 15.8. The van der Waals surface area contributed by atoms with Crippen molar-refractivity contribution in [2.75, 3.05) is 36.9 Å². The van der Waals surface area contributed by atoms with Crippen molar-refractivity contribution in [1.82, 2.24) is 29.3 Å². The van der Waals surface area contributed by atoms with Crippen LogP contribution in [0.5, 0.6) is 5.75 Å². The lowest BCUT2D eigenvalue weighted by molar-refractivity contribution is 0.238. The summed E-state index contributed by atoms with van der Waals surface area (Å²) < 4.78 is 9.67. The number of hydrogen-bond acceptors (Lipinski definition) is 7. The zero-order valence-electron chi connectivity index (χ0n) is 21.5. The van der Waals surface area contributed by atoms with Crippen LogP contribution in [0.25, 0.3) is 16.9 Å². The first-order chi connectivity index (χ1) is 18.7. The second-order valence-corrected chi connectivity index (χ2v) is 9.54. The lowest BCUT2D eigenvalue weighted by Crippen LogP contribution is -2.25. The SMILES string of the molecule is Cn1nccc1CNc1cccc(-c2cccc3nc(Nc4ccc(OCCN5CCCC5)cc4)nn23)c1. The average molecular weight is 509 g/mol. The molecule has 5 aromatic rings. The number of anilines is 3. The summed E-state index contributed by atoms with van der Waals surface area (Å²) in [6, 6.07) is 24.3. The largest absolute Gasteiger partial charge is 0.492 e. The Labute approximate surface area is 222 Å². The van der Waals surface area contributed by atoms with Crippen LogP contribution in [0.4, 0.5) is 17.3 Å². The van der Waals surface area contributed by atoms with Gasteiger partial charge in [-0.15, -0.1) is 5.10 Å². The molecule has 9 nitrogen and oxygen atoms in total. The summed E-state index contributed by atoms with van der Waals surface area (Å²) in [6.07, 6.45) is 4.41. The number of aryl methyl sites for hydroxylation is 1. The topological polar surface area (TPSA) is 84.5 Å². The molecule has 1 aliphatic heterocycles. The molecule has 0 radical (unpaired) electrons. The van der Waals surface area contributed by atoms with E-state index in [-0.39, 0.29) is 0 Å². The third-order valence-electron chi connectivity index (χ3n) is 6.90. The Bertz CT molecular complexity index is 1500. The van der Waals surface area contributed by atoms with Gasteiger partial charge in [0.25, 0.3) is 0 Å². The molecule has 9 heteroatoms. The highest BCUT2D eigenvalue weighted by Crippen LogP contribution is 2.25. The predicted octanol–water partition coefficient (Wildman–Crippen LogP) is 4.96. The maximum Gasteiger partial charge on any atom is 0.247 e. The van der Waals surface area contributed by atoms with Gasteiger partial charge in [0, 0.05) is 36.7 Å². The van der Waals surface area contributed by atoms with E-state index in [2.05, 4.69) is 44.9 Å². The summed E-state index contributed by atoms with van der Waals surface area (Å²) in [7, 11) is 1.95. The van der Waals surface area contributed by atoms with Crippen LogP contribution in [0.3, 0.4) is 0 Å². The zero-order chi connectivity index (χ0) is 25.7. The monoisotopic (exact) mass is 508 g/mol. The average Bonchev–Trinajstić information content (AvgIpc) is 3.70. The number of hydrogen-bond donors (Lipinski definition) is 2. The lowest BCUT2D eigenvalue weighted by atomic mass is 10.1. The molecule has 0 atom stereocenters. The van der Waals surface area contributed by atoms with Gasteiger partial charge in [-0.25, -0.2) is 4.52 Å².